The van der Waals surface area contributed by atoms with Crippen molar-refractivity contribution in [2.24, 2.45) is 4.99 Å². The van der Waals surface area contributed by atoms with Crippen LogP contribution in [0.25, 0.3) is 10.9 Å². The fourth-order valence-corrected chi connectivity index (χ4v) is 5.50. The van der Waals surface area contributed by atoms with E-state index in [1.165, 1.54) is 5.56 Å². The van der Waals surface area contributed by atoms with Crippen molar-refractivity contribution in [2.75, 3.05) is 26.7 Å². The number of nitrogens with zero attached hydrogens (tertiary/aromatic N) is 3. The Morgan fingerprint density at radius 1 is 1.12 bits per heavy atom. The number of amides is 1. The molecular formula is C35H39ClN4O3. The molecule has 5 rings (SSSR count). The molecule has 7 nitrogen and oxygen atoms in total. The molecule has 4 aromatic rings. The van der Waals surface area contributed by atoms with Gasteiger partial charge in [0.1, 0.15) is 17.5 Å². The van der Waals surface area contributed by atoms with Gasteiger partial charge < -0.3 is 19.4 Å². The van der Waals surface area contributed by atoms with Gasteiger partial charge in [0.25, 0.3) is 0 Å². The van der Waals surface area contributed by atoms with Crippen molar-refractivity contribution in [3.63, 3.8) is 0 Å². The van der Waals surface area contributed by atoms with E-state index in [9.17, 15) is 4.79 Å². The number of benzene rings is 3. The third-order valence-corrected chi connectivity index (χ3v) is 7.82. The molecule has 0 bridgehead atoms. The Bertz CT molecular complexity index is 1580. The smallest absolute Gasteiger partial charge is 0.416 e. The SMILES string of the molecule is CCCC=CN=CN(C)CCCOc1ccc(C2c3[nH]c4ccc(Cl)cc4c3CCN2C(=O)Oc2ccc(C)cc2)cc1. The highest BCUT2D eigenvalue weighted by Gasteiger charge is 2.35. The molecule has 0 aliphatic carbocycles. The largest absolute Gasteiger partial charge is 0.494 e. The average Bonchev–Trinajstić information content (AvgIpc) is 3.38. The summed E-state index contributed by atoms with van der Waals surface area (Å²) < 4.78 is 11.9. The van der Waals surface area contributed by atoms with E-state index in [0.717, 1.165) is 59.3 Å². The number of aliphatic imine (C=N–C) groups is 1. The van der Waals surface area contributed by atoms with Crippen molar-refractivity contribution in [3.05, 3.63) is 106 Å². The third-order valence-electron chi connectivity index (χ3n) is 7.58. The minimum Gasteiger partial charge on any atom is -0.494 e. The number of fused-ring (bicyclic) bond motifs is 3. The number of carbonyl (C=O) groups excluding carboxylic acids is 1. The number of aromatic nitrogens is 1. The molecule has 224 valence electrons. The zero-order chi connectivity index (χ0) is 30.2. The highest BCUT2D eigenvalue weighted by atomic mass is 35.5. The van der Waals surface area contributed by atoms with Gasteiger partial charge in [-0.3, -0.25) is 4.90 Å². The second-order valence-electron chi connectivity index (χ2n) is 10.9. The first-order valence-electron chi connectivity index (χ1n) is 14.9. The number of H-pyrrole nitrogens is 1. The van der Waals surface area contributed by atoms with Crippen LogP contribution in [0.4, 0.5) is 4.79 Å². The van der Waals surface area contributed by atoms with Crippen molar-refractivity contribution in [1.29, 1.82) is 0 Å². The molecule has 0 spiro atoms. The Hall–Kier alpha value is -4.23. The molecule has 1 aliphatic heterocycles. The number of carbonyl (C=O) groups is 1. The highest BCUT2D eigenvalue weighted by molar-refractivity contribution is 6.31. The van der Waals surface area contributed by atoms with Crippen LogP contribution in [0.15, 0.2) is 84.0 Å². The van der Waals surface area contributed by atoms with Gasteiger partial charge in [0.05, 0.1) is 12.9 Å². The predicted molar refractivity (Wildman–Crippen MR) is 174 cm³/mol. The summed E-state index contributed by atoms with van der Waals surface area (Å²) in [7, 11) is 2.01. The van der Waals surface area contributed by atoms with Crippen LogP contribution in [0.5, 0.6) is 11.5 Å². The molecule has 1 N–H and O–H groups in total. The van der Waals surface area contributed by atoms with Crippen LogP contribution in [0.3, 0.4) is 0 Å². The standard InChI is InChI=1S/C35H39ClN4O3/c1-4-5-6-19-37-24-39(3)20-7-22-42-28-15-10-26(11-16-28)34-33-30(31-23-27(36)12-17-32(31)38-33)18-21-40(34)35(41)43-29-13-8-25(2)9-14-29/h6,8-17,19,23-24,34,38H,4-5,7,18,20-22H2,1-3H3. The molecule has 0 saturated heterocycles. The van der Waals surface area contributed by atoms with Gasteiger partial charge in [-0.2, -0.15) is 0 Å². The first-order valence-corrected chi connectivity index (χ1v) is 15.3. The van der Waals surface area contributed by atoms with Crippen molar-refractivity contribution in [1.82, 2.24) is 14.8 Å². The summed E-state index contributed by atoms with van der Waals surface area (Å²) in [6, 6.07) is 21.0. The van der Waals surface area contributed by atoms with Gasteiger partial charge in [-0.25, -0.2) is 9.79 Å². The van der Waals surface area contributed by atoms with Crippen LogP contribution in [0.2, 0.25) is 5.02 Å². The molecule has 43 heavy (non-hydrogen) atoms. The Morgan fingerprint density at radius 2 is 1.88 bits per heavy atom. The van der Waals surface area contributed by atoms with Crippen molar-refractivity contribution in [2.45, 2.75) is 45.6 Å². The molecule has 1 amide bonds. The quantitative estimate of drug-likeness (QED) is 0.107. The van der Waals surface area contributed by atoms with E-state index in [2.05, 4.69) is 27.9 Å². The summed E-state index contributed by atoms with van der Waals surface area (Å²) >= 11 is 6.35. The zero-order valence-corrected chi connectivity index (χ0v) is 25.8. The van der Waals surface area contributed by atoms with E-state index in [4.69, 9.17) is 21.1 Å². The van der Waals surface area contributed by atoms with Crippen molar-refractivity contribution >= 4 is 34.9 Å². The maximum absolute atomic E-state index is 13.6. The lowest BCUT2D eigenvalue weighted by Crippen LogP contribution is -2.42. The maximum atomic E-state index is 13.6. The Morgan fingerprint density at radius 3 is 2.65 bits per heavy atom. The number of unbranched alkanes of at least 4 members (excludes halogenated alkanes) is 1. The number of aryl methyl sites for hydroxylation is 1. The van der Waals surface area contributed by atoms with E-state index >= 15 is 0 Å². The van der Waals surface area contributed by atoms with Gasteiger partial charge in [-0.1, -0.05) is 60.9 Å². The summed E-state index contributed by atoms with van der Waals surface area (Å²) in [5.74, 6) is 1.31. The topological polar surface area (TPSA) is 70.2 Å². The molecule has 0 fully saturated rings. The molecule has 0 radical (unpaired) electrons. The zero-order valence-electron chi connectivity index (χ0n) is 25.1. The molecule has 1 aliphatic rings. The van der Waals surface area contributed by atoms with Crippen LogP contribution in [-0.2, 0) is 6.42 Å². The van der Waals surface area contributed by atoms with Gasteiger partial charge in [0.15, 0.2) is 0 Å². The summed E-state index contributed by atoms with van der Waals surface area (Å²) in [4.78, 5) is 25.3. The Kier molecular flexibility index (Phi) is 10.1. The van der Waals surface area contributed by atoms with Gasteiger partial charge in [-0.15, -0.1) is 0 Å². The normalized spacial score (nSPS) is 14.9. The Balaban J connectivity index is 1.30. The van der Waals surface area contributed by atoms with E-state index in [0.29, 0.717) is 30.3 Å². The van der Waals surface area contributed by atoms with Crippen LogP contribution in [0, 0.1) is 6.92 Å². The number of nitrogens with one attached hydrogen (secondary N) is 1. The molecule has 8 heteroatoms. The van der Waals surface area contributed by atoms with Crippen LogP contribution in [-0.4, -0.2) is 54.0 Å². The van der Waals surface area contributed by atoms with Gasteiger partial charge >= 0.3 is 6.09 Å². The summed E-state index contributed by atoms with van der Waals surface area (Å²) in [5.41, 5.74) is 5.23. The second kappa shape index (κ2) is 14.3. The molecule has 1 atom stereocenters. The number of halogens is 1. The van der Waals surface area contributed by atoms with Gasteiger partial charge in [0, 0.05) is 48.0 Å². The van der Waals surface area contributed by atoms with Crippen LogP contribution < -0.4 is 9.47 Å². The van der Waals surface area contributed by atoms with Crippen molar-refractivity contribution in [3.8, 4) is 11.5 Å². The number of rotatable bonds is 11. The van der Waals surface area contributed by atoms with E-state index in [1.807, 2.05) is 93.2 Å². The van der Waals surface area contributed by atoms with Gasteiger partial charge in [0.2, 0.25) is 0 Å². The number of allylic oxidation sites excluding steroid dienone is 1. The lowest BCUT2D eigenvalue weighted by molar-refractivity contribution is 0.135. The van der Waals surface area contributed by atoms with Crippen molar-refractivity contribution < 1.29 is 14.3 Å². The molecular weight excluding hydrogens is 560 g/mol. The first-order chi connectivity index (χ1) is 20.9. The fraction of sp³-hybridized carbons (Fsp3) is 0.314. The van der Waals surface area contributed by atoms with Crippen LogP contribution in [0.1, 0.15) is 54.6 Å². The predicted octanol–water partition coefficient (Wildman–Crippen LogP) is 8.32. The summed E-state index contributed by atoms with van der Waals surface area (Å²) in [6.45, 7) is 6.11. The number of hydrogen-bond donors (Lipinski definition) is 1. The number of aromatic amines is 1. The summed E-state index contributed by atoms with van der Waals surface area (Å²) in [5, 5.41) is 1.78. The molecule has 1 aromatic heterocycles. The molecule has 3 aromatic carbocycles. The lowest BCUT2D eigenvalue weighted by atomic mass is 9.92. The van der Waals surface area contributed by atoms with Gasteiger partial charge in [-0.05, 0) is 79.8 Å². The lowest BCUT2D eigenvalue weighted by Gasteiger charge is -2.35. The van der Waals surface area contributed by atoms with Crippen LogP contribution >= 0.6 is 11.6 Å². The molecule has 1 unspecified atom stereocenters. The fourth-order valence-electron chi connectivity index (χ4n) is 5.33. The van der Waals surface area contributed by atoms with E-state index in [-0.39, 0.29) is 12.1 Å². The first kappa shape index (κ1) is 30.2. The average molecular weight is 599 g/mol. The number of ether oxygens (including phenoxy) is 2. The minimum atomic E-state index is -0.384. The maximum Gasteiger partial charge on any atom is 0.416 e. The minimum absolute atomic E-state index is 0.346. The third kappa shape index (κ3) is 7.59. The second-order valence-corrected chi connectivity index (χ2v) is 11.4. The molecule has 2 heterocycles. The van der Waals surface area contributed by atoms with E-state index < -0.39 is 0 Å². The van der Waals surface area contributed by atoms with E-state index in [1.54, 1.807) is 4.90 Å². The number of hydrogen-bond acceptors (Lipinski definition) is 4. The Labute approximate surface area is 258 Å². The monoisotopic (exact) mass is 598 g/mol. The summed E-state index contributed by atoms with van der Waals surface area (Å²) in [6.07, 6.45) is 9.11. The molecule has 0 saturated carbocycles. The highest BCUT2D eigenvalue weighted by Crippen LogP contribution is 2.40.